The van der Waals surface area contributed by atoms with Gasteiger partial charge in [-0.15, -0.1) is 0 Å². The van der Waals surface area contributed by atoms with E-state index in [1.807, 2.05) is 0 Å². The zero-order valence-corrected chi connectivity index (χ0v) is 11.8. The van der Waals surface area contributed by atoms with Crippen molar-refractivity contribution in [2.24, 2.45) is 5.92 Å². The average molecular weight is 257 g/mol. The van der Waals surface area contributed by atoms with Gasteiger partial charge in [0.15, 0.2) is 0 Å². The zero-order valence-electron chi connectivity index (χ0n) is 11.8. The van der Waals surface area contributed by atoms with Gasteiger partial charge in [0.2, 0.25) is 0 Å². The van der Waals surface area contributed by atoms with Crippen molar-refractivity contribution < 1.29 is 5.11 Å². The number of aliphatic hydroxyl groups is 1. The molecule has 0 fully saturated rings. The Kier molecular flexibility index (Phi) is 3.46. The number of hydrogen-bond donors (Lipinski definition) is 2. The van der Waals surface area contributed by atoms with Crippen LogP contribution in [0, 0.1) is 12.8 Å². The van der Waals surface area contributed by atoms with E-state index in [9.17, 15) is 5.11 Å². The molecule has 0 unspecified atom stereocenters. The monoisotopic (exact) mass is 257 g/mol. The average Bonchev–Trinajstić information content (AvgIpc) is 2.96. The van der Waals surface area contributed by atoms with E-state index in [-0.39, 0.29) is 6.61 Å². The molecule has 1 aromatic carbocycles. The Labute approximate surface area is 115 Å². The number of fused-ring (bicyclic) bond motifs is 1. The molecule has 2 aliphatic carbocycles. The van der Waals surface area contributed by atoms with Crippen LogP contribution in [0.4, 0.5) is 0 Å². The Morgan fingerprint density at radius 1 is 1.26 bits per heavy atom. The molecule has 2 aliphatic rings. The van der Waals surface area contributed by atoms with E-state index < -0.39 is 0 Å². The Hall–Kier alpha value is -1.12. The van der Waals surface area contributed by atoms with Crippen LogP contribution in [0.5, 0.6) is 0 Å². The number of aryl methyl sites for hydroxylation is 1. The van der Waals surface area contributed by atoms with Crippen molar-refractivity contribution in [2.45, 2.75) is 44.7 Å². The van der Waals surface area contributed by atoms with Crippen molar-refractivity contribution in [1.29, 1.82) is 0 Å². The number of aliphatic hydroxyl groups excluding tert-OH is 1. The first-order valence-electron chi connectivity index (χ1n) is 7.33. The summed E-state index contributed by atoms with van der Waals surface area (Å²) in [6.45, 7) is 4.81. The van der Waals surface area contributed by atoms with Gasteiger partial charge < -0.3 is 10.4 Å². The summed E-state index contributed by atoms with van der Waals surface area (Å²) in [5.74, 6) is 0.987. The van der Waals surface area contributed by atoms with Gasteiger partial charge in [-0.25, -0.2) is 0 Å². The summed E-state index contributed by atoms with van der Waals surface area (Å²) in [5.41, 5.74) is 4.44. The fraction of sp³-hybridized carbons (Fsp3) is 0.529. The highest BCUT2D eigenvalue weighted by Gasteiger charge is 2.31. The standard InChI is InChI=1S/C17H23NO/c1-11-4-3-5-15-16(8-12(2)17(11)15)18-14-7-6-13(9-14)10-19/h3-7,12-14,16,18-19H,8-10H2,1-2H3/t12-,13+,14-,16-/m1/s1. The molecule has 102 valence electrons. The van der Waals surface area contributed by atoms with Gasteiger partial charge in [-0.1, -0.05) is 37.3 Å². The minimum Gasteiger partial charge on any atom is -0.396 e. The second kappa shape index (κ2) is 5.10. The van der Waals surface area contributed by atoms with Crippen LogP contribution >= 0.6 is 0 Å². The summed E-state index contributed by atoms with van der Waals surface area (Å²) < 4.78 is 0. The zero-order chi connectivity index (χ0) is 13.4. The minimum absolute atomic E-state index is 0.269. The van der Waals surface area contributed by atoms with Crippen molar-refractivity contribution in [2.75, 3.05) is 6.61 Å². The van der Waals surface area contributed by atoms with Crippen LogP contribution in [-0.2, 0) is 0 Å². The maximum Gasteiger partial charge on any atom is 0.0494 e. The molecule has 0 amide bonds. The molecule has 0 heterocycles. The Balaban J connectivity index is 1.75. The van der Waals surface area contributed by atoms with E-state index in [0.29, 0.717) is 23.9 Å². The van der Waals surface area contributed by atoms with Crippen LogP contribution in [0.1, 0.15) is 48.4 Å². The second-order valence-electron chi connectivity index (χ2n) is 6.10. The number of hydrogen-bond acceptors (Lipinski definition) is 2. The summed E-state index contributed by atoms with van der Waals surface area (Å²) in [7, 11) is 0. The maximum atomic E-state index is 9.20. The predicted octanol–water partition coefficient (Wildman–Crippen LogP) is 3.07. The van der Waals surface area contributed by atoms with Gasteiger partial charge in [0.05, 0.1) is 0 Å². The van der Waals surface area contributed by atoms with Gasteiger partial charge in [-0.2, -0.15) is 0 Å². The first-order valence-corrected chi connectivity index (χ1v) is 7.33. The highest BCUT2D eigenvalue weighted by Crippen LogP contribution is 2.42. The summed E-state index contributed by atoms with van der Waals surface area (Å²) >= 11 is 0. The first-order chi connectivity index (χ1) is 9.19. The molecule has 0 spiro atoms. The highest BCUT2D eigenvalue weighted by atomic mass is 16.3. The topological polar surface area (TPSA) is 32.3 Å². The van der Waals surface area contributed by atoms with E-state index in [4.69, 9.17) is 0 Å². The SMILES string of the molecule is Cc1cccc2c1[C@H](C)C[C@H]2N[C@@H]1C=C[C@H](CO)C1. The van der Waals surface area contributed by atoms with Gasteiger partial charge in [0.1, 0.15) is 0 Å². The fourth-order valence-corrected chi connectivity index (χ4v) is 3.73. The summed E-state index contributed by atoms with van der Waals surface area (Å²) in [6, 6.07) is 7.54. The molecule has 0 aliphatic heterocycles. The molecule has 0 radical (unpaired) electrons. The smallest absolute Gasteiger partial charge is 0.0494 e. The molecule has 2 heteroatoms. The van der Waals surface area contributed by atoms with Crippen LogP contribution in [-0.4, -0.2) is 17.8 Å². The summed E-state index contributed by atoms with van der Waals surface area (Å²) in [6.07, 6.45) is 6.59. The molecule has 19 heavy (non-hydrogen) atoms. The Morgan fingerprint density at radius 3 is 2.84 bits per heavy atom. The van der Waals surface area contributed by atoms with Crippen LogP contribution < -0.4 is 5.32 Å². The van der Waals surface area contributed by atoms with Gasteiger partial charge in [0, 0.05) is 24.6 Å². The second-order valence-corrected chi connectivity index (χ2v) is 6.10. The van der Waals surface area contributed by atoms with E-state index in [0.717, 1.165) is 6.42 Å². The molecule has 1 aromatic rings. The summed E-state index contributed by atoms with van der Waals surface area (Å²) in [5, 5.41) is 13.0. The number of benzene rings is 1. The molecule has 0 aromatic heterocycles. The number of nitrogens with one attached hydrogen (secondary N) is 1. The lowest BCUT2D eigenvalue weighted by molar-refractivity contribution is 0.244. The largest absolute Gasteiger partial charge is 0.396 e. The third-order valence-electron chi connectivity index (χ3n) is 4.64. The van der Waals surface area contributed by atoms with E-state index >= 15 is 0 Å². The van der Waals surface area contributed by atoms with E-state index in [1.54, 1.807) is 5.56 Å². The molecule has 0 saturated heterocycles. The van der Waals surface area contributed by atoms with Crippen LogP contribution in [0.15, 0.2) is 30.4 Å². The molecule has 0 saturated carbocycles. The molecule has 2 nitrogen and oxygen atoms in total. The normalized spacial score (nSPS) is 32.8. The lowest BCUT2D eigenvalue weighted by atomic mass is 9.98. The number of rotatable bonds is 3. The maximum absolute atomic E-state index is 9.20. The Bertz CT molecular complexity index is 494. The third kappa shape index (κ3) is 2.35. The van der Waals surface area contributed by atoms with Gasteiger partial charge >= 0.3 is 0 Å². The quantitative estimate of drug-likeness (QED) is 0.816. The van der Waals surface area contributed by atoms with Gasteiger partial charge in [0.25, 0.3) is 0 Å². The molecule has 2 N–H and O–H groups in total. The van der Waals surface area contributed by atoms with Gasteiger partial charge in [-0.3, -0.25) is 0 Å². The molecule has 0 bridgehead atoms. The molecule has 4 atom stereocenters. The van der Waals surface area contributed by atoms with Crippen molar-refractivity contribution >= 4 is 0 Å². The van der Waals surface area contributed by atoms with Crippen molar-refractivity contribution in [3.8, 4) is 0 Å². The lowest BCUT2D eigenvalue weighted by Gasteiger charge is -2.20. The molecular weight excluding hydrogens is 234 g/mol. The first kappa shape index (κ1) is 12.9. The fourth-order valence-electron chi connectivity index (χ4n) is 3.73. The predicted molar refractivity (Wildman–Crippen MR) is 78.2 cm³/mol. The highest BCUT2D eigenvalue weighted by molar-refractivity contribution is 5.43. The molecule has 3 rings (SSSR count). The van der Waals surface area contributed by atoms with Crippen molar-refractivity contribution in [3.63, 3.8) is 0 Å². The Morgan fingerprint density at radius 2 is 2.11 bits per heavy atom. The van der Waals surface area contributed by atoms with Crippen LogP contribution in [0.2, 0.25) is 0 Å². The lowest BCUT2D eigenvalue weighted by Crippen LogP contribution is -2.29. The molecular formula is C17H23NO. The van der Waals surface area contributed by atoms with Crippen LogP contribution in [0.25, 0.3) is 0 Å². The third-order valence-corrected chi connectivity index (χ3v) is 4.64. The van der Waals surface area contributed by atoms with E-state index in [1.165, 1.54) is 17.5 Å². The van der Waals surface area contributed by atoms with Crippen LogP contribution in [0.3, 0.4) is 0 Å². The summed E-state index contributed by atoms with van der Waals surface area (Å²) in [4.78, 5) is 0. The minimum atomic E-state index is 0.269. The van der Waals surface area contributed by atoms with Crippen molar-refractivity contribution in [1.82, 2.24) is 5.32 Å². The van der Waals surface area contributed by atoms with Gasteiger partial charge in [-0.05, 0) is 42.4 Å². The van der Waals surface area contributed by atoms with E-state index in [2.05, 4.69) is 49.5 Å². The van der Waals surface area contributed by atoms with Crippen molar-refractivity contribution in [3.05, 3.63) is 47.0 Å².